The smallest absolute Gasteiger partial charge is 0.137 e. The summed E-state index contributed by atoms with van der Waals surface area (Å²) >= 11 is 0. The molecule has 100 valence electrons. The van der Waals surface area contributed by atoms with Gasteiger partial charge in [0.2, 0.25) is 0 Å². The van der Waals surface area contributed by atoms with Gasteiger partial charge in [-0.15, -0.1) is 0 Å². The highest BCUT2D eigenvalue weighted by Gasteiger charge is 1.97. The summed E-state index contributed by atoms with van der Waals surface area (Å²) in [6, 6.07) is 12.2. The summed E-state index contributed by atoms with van der Waals surface area (Å²) in [5, 5.41) is 8.89. The van der Waals surface area contributed by atoms with Crippen molar-refractivity contribution in [3.05, 3.63) is 59.4 Å². The van der Waals surface area contributed by atoms with Crippen molar-refractivity contribution < 1.29 is 9.84 Å². The molecule has 19 heavy (non-hydrogen) atoms. The van der Waals surface area contributed by atoms with Gasteiger partial charge in [-0.05, 0) is 37.5 Å². The van der Waals surface area contributed by atoms with Crippen LogP contribution in [0.15, 0.2) is 42.6 Å². The van der Waals surface area contributed by atoms with E-state index in [0.29, 0.717) is 12.3 Å². The largest absolute Gasteiger partial charge is 0.492 e. The summed E-state index contributed by atoms with van der Waals surface area (Å²) in [6.07, 6.45) is 3.65. The second-order valence-electron chi connectivity index (χ2n) is 4.58. The first-order valence-corrected chi connectivity index (χ1v) is 6.52. The molecule has 0 fully saturated rings. The number of rotatable bonds is 6. The highest BCUT2D eigenvalue weighted by molar-refractivity contribution is 5.22. The maximum atomic E-state index is 8.89. The molecule has 0 amide bonds. The molecule has 1 aromatic carbocycles. The van der Waals surface area contributed by atoms with Crippen LogP contribution in [-0.2, 0) is 13.0 Å². The van der Waals surface area contributed by atoms with Crippen molar-refractivity contribution in [2.24, 2.45) is 0 Å². The van der Waals surface area contributed by atoms with Crippen molar-refractivity contribution in [3.63, 3.8) is 0 Å². The van der Waals surface area contributed by atoms with Gasteiger partial charge in [0.25, 0.3) is 0 Å². The summed E-state index contributed by atoms with van der Waals surface area (Å²) in [6.45, 7) is 2.75. The molecule has 1 N–H and O–H groups in total. The number of hydrogen-bond acceptors (Lipinski definition) is 3. The molecule has 3 heteroatoms. The molecule has 2 rings (SSSR count). The Labute approximate surface area is 113 Å². The number of ether oxygens (including phenoxy) is 1. The standard InChI is InChI=1S/C16H19NO2/c1-13-4-2-5-14(10-13)6-3-9-19-16-8-7-15(12-18)17-11-16/h2,4-5,7-8,10-11,18H,3,6,9,12H2,1H3. The number of nitrogens with zero attached hydrogens (tertiary/aromatic N) is 1. The lowest BCUT2D eigenvalue weighted by Gasteiger charge is -2.06. The molecule has 3 nitrogen and oxygen atoms in total. The van der Waals surface area contributed by atoms with Crippen LogP contribution in [0.25, 0.3) is 0 Å². The fourth-order valence-corrected chi connectivity index (χ4v) is 1.92. The van der Waals surface area contributed by atoms with E-state index in [1.807, 2.05) is 6.07 Å². The Morgan fingerprint density at radius 2 is 2.11 bits per heavy atom. The van der Waals surface area contributed by atoms with Gasteiger partial charge < -0.3 is 9.84 Å². The van der Waals surface area contributed by atoms with Crippen LogP contribution in [-0.4, -0.2) is 16.7 Å². The van der Waals surface area contributed by atoms with Gasteiger partial charge in [-0.25, -0.2) is 0 Å². The summed E-state index contributed by atoms with van der Waals surface area (Å²) in [5.41, 5.74) is 3.30. The van der Waals surface area contributed by atoms with Gasteiger partial charge in [-0.1, -0.05) is 29.8 Å². The van der Waals surface area contributed by atoms with E-state index >= 15 is 0 Å². The molecular weight excluding hydrogens is 238 g/mol. The number of aliphatic hydroxyl groups is 1. The zero-order valence-corrected chi connectivity index (χ0v) is 11.2. The second kappa shape index (κ2) is 6.90. The van der Waals surface area contributed by atoms with Crippen LogP contribution < -0.4 is 4.74 Å². The molecule has 1 heterocycles. The summed E-state index contributed by atoms with van der Waals surface area (Å²) < 4.78 is 5.61. The fourth-order valence-electron chi connectivity index (χ4n) is 1.92. The third-order valence-electron chi connectivity index (χ3n) is 2.92. The molecule has 0 spiro atoms. The van der Waals surface area contributed by atoms with Crippen molar-refractivity contribution in [2.75, 3.05) is 6.61 Å². The SMILES string of the molecule is Cc1cccc(CCCOc2ccc(CO)nc2)c1. The molecule has 0 saturated heterocycles. The average molecular weight is 257 g/mol. The van der Waals surface area contributed by atoms with Gasteiger partial charge >= 0.3 is 0 Å². The average Bonchev–Trinajstić information content (AvgIpc) is 2.44. The van der Waals surface area contributed by atoms with Gasteiger partial charge in [0.05, 0.1) is 25.1 Å². The summed E-state index contributed by atoms with van der Waals surface area (Å²) in [4.78, 5) is 4.07. The predicted octanol–water partition coefficient (Wildman–Crippen LogP) is 2.89. The fraction of sp³-hybridized carbons (Fsp3) is 0.312. The van der Waals surface area contributed by atoms with Gasteiger partial charge in [0.1, 0.15) is 5.75 Å². The normalized spacial score (nSPS) is 10.4. The van der Waals surface area contributed by atoms with Gasteiger partial charge in [-0.3, -0.25) is 4.98 Å². The number of pyridine rings is 1. The first-order chi connectivity index (χ1) is 9.28. The third-order valence-corrected chi connectivity index (χ3v) is 2.92. The zero-order valence-electron chi connectivity index (χ0n) is 11.2. The summed E-state index contributed by atoms with van der Waals surface area (Å²) in [7, 11) is 0. The van der Waals surface area contributed by atoms with Crippen LogP contribution in [0, 0.1) is 6.92 Å². The van der Waals surface area contributed by atoms with Crippen LogP contribution >= 0.6 is 0 Å². The minimum absolute atomic E-state index is 0.0341. The minimum atomic E-state index is -0.0341. The van der Waals surface area contributed by atoms with Crippen molar-refractivity contribution in [1.82, 2.24) is 4.98 Å². The van der Waals surface area contributed by atoms with Gasteiger partial charge in [-0.2, -0.15) is 0 Å². The van der Waals surface area contributed by atoms with Gasteiger partial charge in [0, 0.05) is 0 Å². The monoisotopic (exact) mass is 257 g/mol. The Morgan fingerprint density at radius 3 is 2.79 bits per heavy atom. The van der Waals surface area contributed by atoms with Crippen LogP contribution in [0.5, 0.6) is 5.75 Å². The first-order valence-electron chi connectivity index (χ1n) is 6.52. The van der Waals surface area contributed by atoms with Crippen molar-refractivity contribution in [1.29, 1.82) is 0 Å². The molecule has 0 aliphatic rings. The number of benzene rings is 1. The van der Waals surface area contributed by atoms with Crippen LogP contribution in [0.3, 0.4) is 0 Å². The highest BCUT2D eigenvalue weighted by atomic mass is 16.5. The van der Waals surface area contributed by atoms with E-state index in [2.05, 4.69) is 36.2 Å². The number of hydrogen-bond donors (Lipinski definition) is 1. The second-order valence-corrected chi connectivity index (χ2v) is 4.58. The van der Waals surface area contributed by atoms with E-state index in [1.54, 1.807) is 12.3 Å². The molecule has 2 aromatic rings. The Balaban J connectivity index is 1.74. The number of aryl methyl sites for hydroxylation is 2. The van der Waals surface area contributed by atoms with E-state index in [-0.39, 0.29) is 6.61 Å². The minimum Gasteiger partial charge on any atom is -0.492 e. The molecular formula is C16H19NO2. The summed E-state index contributed by atoms with van der Waals surface area (Å²) in [5.74, 6) is 0.751. The maximum Gasteiger partial charge on any atom is 0.137 e. The quantitative estimate of drug-likeness (QED) is 0.809. The lowest BCUT2D eigenvalue weighted by Crippen LogP contribution is -2.00. The molecule has 0 aliphatic heterocycles. The third kappa shape index (κ3) is 4.38. The Bertz CT molecular complexity index is 508. The van der Waals surface area contributed by atoms with Crippen LogP contribution in [0.1, 0.15) is 23.2 Å². The topological polar surface area (TPSA) is 42.4 Å². The van der Waals surface area contributed by atoms with Crippen LogP contribution in [0.2, 0.25) is 0 Å². The molecule has 0 atom stereocenters. The predicted molar refractivity (Wildman–Crippen MR) is 75.2 cm³/mol. The lowest BCUT2D eigenvalue weighted by molar-refractivity contribution is 0.275. The molecule has 0 saturated carbocycles. The molecule has 0 bridgehead atoms. The van der Waals surface area contributed by atoms with E-state index in [1.165, 1.54) is 11.1 Å². The van der Waals surface area contributed by atoms with Crippen molar-refractivity contribution in [2.45, 2.75) is 26.4 Å². The lowest BCUT2D eigenvalue weighted by atomic mass is 10.1. The zero-order chi connectivity index (χ0) is 13.5. The van der Waals surface area contributed by atoms with Crippen molar-refractivity contribution >= 4 is 0 Å². The maximum absolute atomic E-state index is 8.89. The molecule has 0 unspecified atom stereocenters. The Kier molecular flexibility index (Phi) is 4.93. The van der Waals surface area contributed by atoms with E-state index in [0.717, 1.165) is 18.6 Å². The first kappa shape index (κ1) is 13.6. The Hall–Kier alpha value is -1.87. The van der Waals surface area contributed by atoms with E-state index in [9.17, 15) is 0 Å². The number of aliphatic hydroxyl groups excluding tert-OH is 1. The number of aromatic nitrogens is 1. The highest BCUT2D eigenvalue weighted by Crippen LogP contribution is 2.11. The molecule has 1 aromatic heterocycles. The molecule has 0 radical (unpaired) electrons. The van der Waals surface area contributed by atoms with E-state index in [4.69, 9.17) is 9.84 Å². The van der Waals surface area contributed by atoms with Gasteiger partial charge in [0.15, 0.2) is 0 Å². The van der Waals surface area contributed by atoms with Crippen LogP contribution in [0.4, 0.5) is 0 Å². The van der Waals surface area contributed by atoms with E-state index < -0.39 is 0 Å². The Morgan fingerprint density at radius 1 is 1.21 bits per heavy atom. The molecule has 0 aliphatic carbocycles. The van der Waals surface area contributed by atoms with Crippen molar-refractivity contribution in [3.8, 4) is 5.75 Å².